The molecule has 11 nitrogen and oxygen atoms in total. The molecule has 4 aromatic rings. The number of nitrogens with zero attached hydrogens (tertiary/aromatic N) is 5. The number of fused-ring (bicyclic) bond motifs is 8. The number of carbonyl (C=O) groups excluding carboxylic acids is 4. The number of piperidine rings is 2. The molecule has 0 saturated carbocycles. The standard InChI is InChI=1S/C21H26BrN3O.C20H26N2O.2CO2.CH4.36V/c1-3-21-10-6-12-24(14-23)19(21)18-16(9-11-22)15-7-4-5-8-17(15)25(18)20(2,26)13-21;1-3-20-10-6-11-21-12-9-15-14-7-4-5-8-16(14)22(17(15)18(20)21)19(2,23)13-20;2*2-1-3;;;;;;;;;;;;;;;;;;;;;;;;;;;;;;;;;;;;;/h4-5,7-8,19,26H,3,6,9-13H2,1-2H3;4-5,7-8,18,23H,3,6,9-13H2,1-2H3;;;1H4;;;;;;;;;;;;;;;;;;;;;;;;;;;;;;;;;;;;/t19-,20-,21+;18-,19-,20+;;;;;;;;;;;;;;;;;;;;;;;;;;;;;;;;;;;;;;;/m11......................................./s1. The van der Waals surface area contributed by atoms with Gasteiger partial charge in [0.25, 0.3) is 0 Å². The second-order valence-electron chi connectivity index (χ2n) is 16.3. The van der Waals surface area contributed by atoms with Crippen LogP contribution in [-0.2, 0) is 711 Å². The molecular weight excluding hydrogens is 2610 g/mol. The molecule has 0 aliphatic carbocycles. The quantitative estimate of drug-likeness (QED) is 0.154. The Kier molecular flexibility index (Phi) is 247. The molecule has 6 atom stereocenters. The van der Waals surface area contributed by atoms with Crippen molar-refractivity contribution in [3.8, 4) is 6.19 Å². The minimum atomic E-state index is -0.940. The Morgan fingerprint density at radius 1 is 0.478 bits per heavy atom. The van der Waals surface area contributed by atoms with E-state index < -0.39 is 11.4 Å². The number of benzene rings is 2. The molecule has 0 amide bonds. The molecule has 2 saturated heterocycles. The molecule has 36 radical (unpaired) electrons. The minimum absolute atomic E-state index is 0. The average Bonchev–Trinajstić information content (AvgIpc) is 3.69. The van der Waals surface area contributed by atoms with Gasteiger partial charge in [0.1, 0.15) is 11.4 Å². The van der Waals surface area contributed by atoms with Crippen molar-refractivity contribution >= 4 is 50.0 Å². The SMILES string of the molecule is C.CC[C@@]12CCCN(C#N)[C@@H]1c1c(CCBr)c3ccccc3n1[C@](C)(O)C2.CC[C@]12CCCN3CCc4c(n(c5ccccc45)[C@](C)(O)C1)[C@@H]32.O=C=O.O=C=O.[V].[V].[V].[V].[V].[V].[V].[V].[V].[V].[V].[V].[V].[V].[V].[V].[V].[V].[V].[V].[V].[V].[V].[V].[V].[V].[V].[V].[V].[V].[V].[V].[V].[V].[V].[V]. The van der Waals surface area contributed by atoms with Gasteiger partial charge >= 0.3 is 12.3 Å². The Labute approximate surface area is 986 Å². The number of rotatable bonds is 4. The summed E-state index contributed by atoms with van der Waals surface area (Å²) in [5.41, 5.74) is 6.13. The van der Waals surface area contributed by atoms with Crippen LogP contribution in [-0.4, -0.2) is 66.4 Å². The number of alkyl halides is 1. The number of para-hydroxylation sites is 2. The van der Waals surface area contributed by atoms with E-state index in [0.29, 0.717) is 12.5 Å². The Bertz CT molecular complexity index is 2230. The number of likely N-dealkylation sites (tertiary alicyclic amines) is 1. The van der Waals surface area contributed by atoms with Crippen molar-refractivity contribution in [2.45, 2.75) is 123 Å². The van der Waals surface area contributed by atoms with Gasteiger partial charge in [0.2, 0.25) is 0 Å². The minimum Gasteiger partial charge on any atom is -0.371 e. The van der Waals surface area contributed by atoms with Crippen molar-refractivity contribution in [3.63, 3.8) is 0 Å². The smallest absolute Gasteiger partial charge is 0.371 e. The Hall–Kier alpha value is 17.0. The number of halogens is 1. The normalized spacial score (nSPS) is 17.9. The molecule has 2 aromatic carbocycles. The molecular formula is C44H56BrN5O6V36. The fraction of sp³-hybridized carbons (Fsp3) is 0.568. The van der Waals surface area contributed by atoms with E-state index in [4.69, 9.17) is 19.2 Å². The average molecular weight is 2660 g/mol. The van der Waals surface area contributed by atoms with Gasteiger partial charge in [0, 0.05) is 727 Å². The maximum Gasteiger partial charge on any atom is 0.373 e. The number of hydrogen-bond acceptors (Lipinski definition) is 9. The molecule has 480 valence electrons. The van der Waals surface area contributed by atoms with Crippen molar-refractivity contribution in [2.24, 2.45) is 10.8 Å². The van der Waals surface area contributed by atoms with Crippen LogP contribution >= 0.6 is 15.9 Å². The van der Waals surface area contributed by atoms with Crippen LogP contribution in [0.3, 0.4) is 0 Å². The molecule has 92 heavy (non-hydrogen) atoms. The molecule has 0 bridgehead atoms. The van der Waals surface area contributed by atoms with Crippen molar-refractivity contribution in [1.82, 2.24) is 18.9 Å². The molecule has 7 heterocycles. The topological polar surface area (TPSA) is 149 Å². The molecule has 2 aromatic heterocycles. The number of hydrogen-bond donors (Lipinski definition) is 2. The Balaban J connectivity index is -0.0000000175. The predicted molar refractivity (Wildman–Crippen MR) is 216 cm³/mol. The third kappa shape index (κ3) is 51.3. The summed E-state index contributed by atoms with van der Waals surface area (Å²) >= 11 is 3.61. The summed E-state index contributed by atoms with van der Waals surface area (Å²) in [6.07, 6.45) is 13.3. The van der Waals surface area contributed by atoms with Gasteiger partial charge in [-0.3, -0.25) is 4.90 Å². The molecule has 5 aliphatic heterocycles. The van der Waals surface area contributed by atoms with Crippen molar-refractivity contribution < 1.29 is 697 Å². The Morgan fingerprint density at radius 2 is 0.783 bits per heavy atom. The van der Waals surface area contributed by atoms with Gasteiger partial charge in [0.15, 0.2) is 6.19 Å². The molecule has 2 N–H and O–H groups in total. The first kappa shape index (κ1) is 214. The first-order valence-corrected chi connectivity index (χ1v) is 20.7. The first-order valence-electron chi connectivity index (χ1n) is 19.5. The van der Waals surface area contributed by atoms with Gasteiger partial charge in [-0.15, -0.1) is 0 Å². The van der Waals surface area contributed by atoms with Crippen LogP contribution in [0, 0.1) is 22.3 Å². The zero-order valence-corrected chi connectivity index (χ0v) is 100. The Morgan fingerprint density at radius 3 is 1.12 bits per heavy atom. The van der Waals surface area contributed by atoms with Gasteiger partial charge in [-0.05, 0) is 100 Å². The number of aryl methyl sites for hydroxylation is 1. The van der Waals surface area contributed by atoms with Gasteiger partial charge in [-0.1, -0.05) is 73.6 Å². The first-order chi connectivity index (χ1) is 26.4. The fourth-order valence-electron chi connectivity index (χ4n) is 11.7. The second-order valence-corrected chi connectivity index (χ2v) is 17.1. The number of aliphatic hydroxyl groups is 2. The van der Waals surface area contributed by atoms with Crippen LogP contribution in [0.4, 0.5) is 0 Å². The third-order valence-corrected chi connectivity index (χ3v) is 13.9. The van der Waals surface area contributed by atoms with E-state index in [2.05, 4.69) is 92.5 Å². The monoisotopic (exact) mass is 2660 g/mol. The van der Waals surface area contributed by atoms with Gasteiger partial charge < -0.3 is 24.2 Å². The number of aromatic nitrogens is 2. The zero-order valence-electron chi connectivity index (χ0n) is 48.4. The second kappa shape index (κ2) is 106. The van der Waals surface area contributed by atoms with Crippen LogP contribution in [0.25, 0.3) is 21.8 Å². The maximum absolute atomic E-state index is 11.6. The molecule has 2 fully saturated rings. The van der Waals surface area contributed by atoms with E-state index in [1.54, 1.807) is 0 Å². The molecule has 0 spiro atoms. The van der Waals surface area contributed by atoms with Gasteiger partial charge in [-0.2, -0.15) is 24.4 Å². The van der Waals surface area contributed by atoms with E-state index in [1.807, 2.05) is 24.8 Å². The molecule has 5 aliphatic rings. The summed E-state index contributed by atoms with van der Waals surface area (Å²) < 4.78 is 4.42. The fourth-order valence-corrected chi connectivity index (χ4v) is 12.1. The van der Waals surface area contributed by atoms with Crippen LogP contribution in [0.5, 0.6) is 0 Å². The summed E-state index contributed by atoms with van der Waals surface area (Å²) in [7, 11) is 0. The van der Waals surface area contributed by atoms with Crippen LogP contribution in [0.15, 0.2) is 48.5 Å². The summed E-state index contributed by atoms with van der Waals surface area (Å²) in [6.45, 7) is 11.7. The van der Waals surface area contributed by atoms with Crippen molar-refractivity contribution in [3.05, 3.63) is 71.0 Å². The molecule has 0 unspecified atom stereocenters. The van der Waals surface area contributed by atoms with E-state index in [9.17, 15) is 15.5 Å². The van der Waals surface area contributed by atoms with E-state index in [1.165, 1.54) is 59.0 Å². The summed E-state index contributed by atoms with van der Waals surface area (Å²) in [6, 6.07) is 17.6. The van der Waals surface area contributed by atoms with Crippen LogP contribution in [0.2, 0.25) is 0 Å². The maximum atomic E-state index is 11.6. The van der Waals surface area contributed by atoms with Crippen LogP contribution in [0.1, 0.15) is 121 Å². The predicted octanol–water partition coefficient (Wildman–Crippen LogP) is 7.84. The summed E-state index contributed by atoms with van der Waals surface area (Å²) in [5, 5.41) is 36.3. The zero-order chi connectivity index (χ0) is 39.8. The van der Waals surface area contributed by atoms with E-state index >= 15 is 0 Å². The van der Waals surface area contributed by atoms with Crippen molar-refractivity contribution in [1.29, 1.82) is 5.26 Å². The summed E-state index contributed by atoms with van der Waals surface area (Å²) in [4.78, 5) is 37.2. The van der Waals surface area contributed by atoms with Gasteiger partial charge in [0.05, 0.1) is 23.1 Å². The van der Waals surface area contributed by atoms with Gasteiger partial charge in [-0.25, -0.2) is 0 Å². The number of nitriles is 1. The largest absolute Gasteiger partial charge is 0.373 e. The molecule has 48 heteroatoms. The summed E-state index contributed by atoms with van der Waals surface area (Å²) in [5.74, 6) is 0. The van der Waals surface area contributed by atoms with Crippen LogP contribution < -0.4 is 0 Å². The third-order valence-electron chi connectivity index (χ3n) is 13.5. The molecule has 9 rings (SSSR count). The van der Waals surface area contributed by atoms with E-state index in [0.717, 1.165) is 68.0 Å². The van der Waals surface area contributed by atoms with E-state index in [-0.39, 0.29) is 705 Å². The van der Waals surface area contributed by atoms with Crippen molar-refractivity contribution in [2.75, 3.05) is 25.0 Å².